The number of benzene rings is 2. The third-order valence-corrected chi connectivity index (χ3v) is 3.39. The Kier molecular flexibility index (Phi) is 8.60. The van der Waals surface area contributed by atoms with Crippen molar-refractivity contribution in [3.63, 3.8) is 0 Å². The summed E-state index contributed by atoms with van der Waals surface area (Å²) in [6.07, 6.45) is 0.813. The molecule has 0 radical (unpaired) electrons. The highest BCUT2D eigenvalue weighted by molar-refractivity contribution is 6.05. The average molecular weight is 367 g/mol. The highest BCUT2D eigenvalue weighted by Gasteiger charge is 2.09. The number of hydrogen-bond donors (Lipinski definition) is 2. The molecule has 25 heavy (non-hydrogen) atoms. The number of amides is 1. The Morgan fingerprint density at radius 2 is 1.72 bits per heavy atom. The number of hydrogen-bond acceptors (Lipinski definition) is 5. The molecule has 0 unspecified atom stereocenters. The maximum Gasteiger partial charge on any atom is 0.255 e. The normalized spacial score (nSPS) is 9.84. The minimum absolute atomic E-state index is 0. The smallest absolute Gasteiger partial charge is 0.255 e. The summed E-state index contributed by atoms with van der Waals surface area (Å²) in [5.74, 6) is 1.09. The van der Waals surface area contributed by atoms with E-state index in [0.717, 1.165) is 6.42 Å². The minimum Gasteiger partial charge on any atom is -0.497 e. The van der Waals surface area contributed by atoms with E-state index in [4.69, 9.17) is 19.9 Å². The molecule has 3 N–H and O–H groups in total. The van der Waals surface area contributed by atoms with Gasteiger partial charge in [-0.05, 0) is 36.4 Å². The quantitative estimate of drug-likeness (QED) is 0.553. The standard InChI is InChI=1S/C18H22N2O4.ClH/c1-22-10-3-11-24-14-6-4-13(5-7-14)18(21)20-17-12-15(23-2)8-9-16(17)19;/h4-9,12H,3,10-11,19H2,1-2H3,(H,20,21);1H. The topological polar surface area (TPSA) is 82.8 Å². The molecule has 0 aromatic heterocycles. The molecule has 0 aliphatic rings. The molecule has 6 nitrogen and oxygen atoms in total. The van der Waals surface area contributed by atoms with E-state index in [0.29, 0.717) is 41.7 Å². The Bertz CT molecular complexity index is 677. The summed E-state index contributed by atoms with van der Waals surface area (Å²) < 4.78 is 15.7. The molecule has 0 saturated carbocycles. The monoisotopic (exact) mass is 366 g/mol. The van der Waals surface area contributed by atoms with Crippen LogP contribution in [-0.2, 0) is 4.74 Å². The van der Waals surface area contributed by atoms with Crippen LogP contribution < -0.4 is 20.5 Å². The van der Waals surface area contributed by atoms with Crippen molar-refractivity contribution < 1.29 is 19.0 Å². The van der Waals surface area contributed by atoms with E-state index in [2.05, 4.69) is 5.32 Å². The van der Waals surface area contributed by atoms with Crippen LogP contribution in [0, 0.1) is 0 Å². The van der Waals surface area contributed by atoms with Gasteiger partial charge in [-0.3, -0.25) is 4.79 Å². The number of nitrogens with one attached hydrogen (secondary N) is 1. The molecular weight excluding hydrogens is 344 g/mol. The molecule has 0 atom stereocenters. The Balaban J connectivity index is 0.00000312. The molecular formula is C18H23ClN2O4. The van der Waals surface area contributed by atoms with Crippen LogP contribution in [0.5, 0.6) is 11.5 Å². The highest BCUT2D eigenvalue weighted by atomic mass is 35.5. The van der Waals surface area contributed by atoms with Crippen LogP contribution in [0.3, 0.4) is 0 Å². The molecule has 2 aromatic carbocycles. The van der Waals surface area contributed by atoms with Gasteiger partial charge >= 0.3 is 0 Å². The van der Waals surface area contributed by atoms with E-state index < -0.39 is 0 Å². The first-order valence-corrected chi connectivity index (χ1v) is 7.60. The summed E-state index contributed by atoms with van der Waals surface area (Å²) >= 11 is 0. The fourth-order valence-corrected chi connectivity index (χ4v) is 2.06. The fraction of sp³-hybridized carbons (Fsp3) is 0.278. The second-order valence-electron chi connectivity index (χ2n) is 5.13. The van der Waals surface area contributed by atoms with E-state index in [9.17, 15) is 4.79 Å². The highest BCUT2D eigenvalue weighted by Crippen LogP contribution is 2.25. The zero-order valence-electron chi connectivity index (χ0n) is 14.3. The largest absolute Gasteiger partial charge is 0.497 e. The number of methoxy groups -OCH3 is 2. The molecule has 0 saturated heterocycles. The summed E-state index contributed by atoms with van der Waals surface area (Å²) in [6, 6.07) is 12.0. The van der Waals surface area contributed by atoms with Crippen LogP contribution in [0.25, 0.3) is 0 Å². The zero-order chi connectivity index (χ0) is 17.4. The van der Waals surface area contributed by atoms with Gasteiger partial charge in [-0.25, -0.2) is 0 Å². The maximum absolute atomic E-state index is 12.3. The number of halogens is 1. The number of rotatable bonds is 8. The summed E-state index contributed by atoms with van der Waals surface area (Å²) in [6.45, 7) is 1.22. The van der Waals surface area contributed by atoms with Gasteiger partial charge in [0.15, 0.2) is 0 Å². The lowest BCUT2D eigenvalue weighted by Gasteiger charge is -2.10. The predicted molar refractivity (Wildman–Crippen MR) is 101 cm³/mol. The van der Waals surface area contributed by atoms with E-state index in [1.807, 2.05) is 0 Å². The van der Waals surface area contributed by atoms with Crippen molar-refractivity contribution in [2.24, 2.45) is 0 Å². The zero-order valence-corrected chi connectivity index (χ0v) is 15.1. The van der Waals surface area contributed by atoms with Crippen molar-refractivity contribution in [1.29, 1.82) is 0 Å². The van der Waals surface area contributed by atoms with Gasteiger partial charge in [0, 0.05) is 31.8 Å². The number of carbonyl (C=O) groups excluding carboxylic acids is 1. The van der Waals surface area contributed by atoms with Gasteiger partial charge in [-0.1, -0.05) is 0 Å². The lowest BCUT2D eigenvalue weighted by molar-refractivity contribution is 0.102. The van der Waals surface area contributed by atoms with Crippen molar-refractivity contribution in [1.82, 2.24) is 0 Å². The first-order valence-electron chi connectivity index (χ1n) is 7.60. The molecule has 0 bridgehead atoms. The van der Waals surface area contributed by atoms with Crippen molar-refractivity contribution in [3.8, 4) is 11.5 Å². The SMILES string of the molecule is COCCCOc1ccc(C(=O)Nc2cc(OC)ccc2N)cc1.Cl. The van der Waals surface area contributed by atoms with Crippen molar-refractivity contribution in [3.05, 3.63) is 48.0 Å². The van der Waals surface area contributed by atoms with E-state index in [-0.39, 0.29) is 18.3 Å². The Hall–Kier alpha value is -2.44. The van der Waals surface area contributed by atoms with Crippen LogP contribution >= 0.6 is 12.4 Å². The summed E-state index contributed by atoms with van der Waals surface area (Å²) in [4.78, 5) is 12.3. The van der Waals surface area contributed by atoms with Crippen molar-refractivity contribution in [2.45, 2.75) is 6.42 Å². The lowest BCUT2D eigenvalue weighted by Crippen LogP contribution is -2.13. The van der Waals surface area contributed by atoms with Gasteiger partial charge in [-0.15, -0.1) is 12.4 Å². The second-order valence-corrected chi connectivity index (χ2v) is 5.13. The summed E-state index contributed by atoms with van der Waals surface area (Å²) in [7, 11) is 3.21. The van der Waals surface area contributed by atoms with Gasteiger partial charge in [0.2, 0.25) is 0 Å². The first-order chi connectivity index (χ1) is 11.6. The van der Waals surface area contributed by atoms with Crippen LogP contribution in [0.1, 0.15) is 16.8 Å². The minimum atomic E-state index is -0.249. The van der Waals surface area contributed by atoms with Crippen LogP contribution in [0.2, 0.25) is 0 Å². The van der Waals surface area contributed by atoms with E-state index in [1.165, 1.54) is 0 Å². The van der Waals surface area contributed by atoms with Gasteiger partial charge in [-0.2, -0.15) is 0 Å². The molecule has 0 spiro atoms. The summed E-state index contributed by atoms with van der Waals surface area (Å²) in [5, 5.41) is 2.78. The molecule has 0 aliphatic heterocycles. The number of nitrogen functional groups attached to an aromatic ring is 1. The fourth-order valence-electron chi connectivity index (χ4n) is 2.06. The first kappa shape index (κ1) is 20.6. The number of ether oxygens (including phenoxy) is 3. The average Bonchev–Trinajstić information content (AvgIpc) is 2.61. The third kappa shape index (κ3) is 6.17. The molecule has 136 valence electrons. The molecule has 0 aliphatic carbocycles. The Morgan fingerprint density at radius 3 is 2.36 bits per heavy atom. The van der Waals surface area contributed by atoms with E-state index in [1.54, 1.807) is 56.7 Å². The van der Waals surface area contributed by atoms with Gasteiger partial charge in [0.05, 0.1) is 25.1 Å². The van der Waals surface area contributed by atoms with E-state index >= 15 is 0 Å². The number of anilines is 2. The number of nitrogens with two attached hydrogens (primary N) is 1. The van der Waals surface area contributed by atoms with Crippen LogP contribution in [0.15, 0.2) is 42.5 Å². The molecule has 2 rings (SSSR count). The van der Waals surface area contributed by atoms with Crippen molar-refractivity contribution >= 4 is 29.7 Å². The molecule has 0 fully saturated rings. The number of carbonyl (C=O) groups is 1. The van der Waals surface area contributed by atoms with Gasteiger partial charge in [0.25, 0.3) is 5.91 Å². The maximum atomic E-state index is 12.3. The summed E-state index contributed by atoms with van der Waals surface area (Å²) in [5.41, 5.74) is 7.38. The third-order valence-electron chi connectivity index (χ3n) is 3.39. The molecule has 0 heterocycles. The van der Waals surface area contributed by atoms with Gasteiger partial charge < -0.3 is 25.3 Å². The van der Waals surface area contributed by atoms with Crippen molar-refractivity contribution in [2.75, 3.05) is 38.5 Å². The Labute approximate surface area is 153 Å². The Morgan fingerprint density at radius 1 is 1.04 bits per heavy atom. The molecule has 1 amide bonds. The predicted octanol–water partition coefficient (Wildman–Crippen LogP) is 3.37. The van der Waals surface area contributed by atoms with Crippen LogP contribution in [-0.4, -0.2) is 33.3 Å². The second kappa shape index (κ2) is 10.4. The lowest BCUT2D eigenvalue weighted by atomic mass is 10.2. The van der Waals surface area contributed by atoms with Gasteiger partial charge in [0.1, 0.15) is 11.5 Å². The van der Waals surface area contributed by atoms with Crippen LogP contribution in [0.4, 0.5) is 11.4 Å². The molecule has 2 aromatic rings. The molecule has 7 heteroatoms.